The molecule has 0 radical (unpaired) electrons. The SMILES string of the molecule is C[C@H]1COCCN1c1ncnc2c1cnn2CCC#N. The Balaban J connectivity index is 1.99. The van der Waals surface area contributed by atoms with Gasteiger partial charge in [0.2, 0.25) is 0 Å². The summed E-state index contributed by atoms with van der Waals surface area (Å²) in [5.74, 6) is 0.897. The summed E-state index contributed by atoms with van der Waals surface area (Å²) in [4.78, 5) is 10.9. The molecule has 0 N–H and O–H groups in total. The summed E-state index contributed by atoms with van der Waals surface area (Å²) in [5.41, 5.74) is 0.781. The van der Waals surface area contributed by atoms with Crippen molar-refractivity contribution in [2.45, 2.75) is 25.9 Å². The Hall–Kier alpha value is -2.20. The molecule has 1 saturated heterocycles. The molecule has 0 aliphatic carbocycles. The van der Waals surface area contributed by atoms with Crippen molar-refractivity contribution in [1.82, 2.24) is 19.7 Å². The fraction of sp³-hybridized carbons (Fsp3) is 0.538. The van der Waals surface area contributed by atoms with Crippen LogP contribution >= 0.6 is 0 Å². The molecule has 1 fully saturated rings. The van der Waals surface area contributed by atoms with E-state index in [0.29, 0.717) is 26.2 Å². The largest absolute Gasteiger partial charge is 0.377 e. The van der Waals surface area contributed by atoms with Gasteiger partial charge < -0.3 is 9.64 Å². The van der Waals surface area contributed by atoms with Crippen LogP contribution < -0.4 is 4.90 Å². The Morgan fingerprint density at radius 3 is 3.20 bits per heavy atom. The number of hydrogen-bond acceptors (Lipinski definition) is 6. The maximum Gasteiger partial charge on any atom is 0.163 e. The Bertz CT molecular complexity index is 646. The van der Waals surface area contributed by atoms with Gasteiger partial charge >= 0.3 is 0 Å². The lowest BCUT2D eigenvalue weighted by Crippen LogP contribution is -2.44. The minimum Gasteiger partial charge on any atom is -0.377 e. The lowest BCUT2D eigenvalue weighted by Gasteiger charge is -2.34. The Labute approximate surface area is 116 Å². The lowest BCUT2D eigenvalue weighted by atomic mass is 10.2. The van der Waals surface area contributed by atoms with Crippen LogP contribution in [0.25, 0.3) is 11.0 Å². The average molecular weight is 272 g/mol. The first-order valence-electron chi connectivity index (χ1n) is 6.69. The predicted molar refractivity (Wildman–Crippen MR) is 73.2 cm³/mol. The summed E-state index contributed by atoms with van der Waals surface area (Å²) in [6.07, 6.45) is 3.76. The Morgan fingerprint density at radius 2 is 2.40 bits per heavy atom. The molecular formula is C13H16N6O. The van der Waals surface area contributed by atoms with Gasteiger partial charge in [-0.05, 0) is 6.92 Å². The van der Waals surface area contributed by atoms with E-state index in [9.17, 15) is 0 Å². The Morgan fingerprint density at radius 1 is 1.50 bits per heavy atom. The third-order valence-electron chi connectivity index (χ3n) is 3.49. The second-order valence-electron chi connectivity index (χ2n) is 4.83. The topological polar surface area (TPSA) is 79.9 Å². The zero-order valence-corrected chi connectivity index (χ0v) is 11.4. The van der Waals surface area contributed by atoms with Crippen molar-refractivity contribution in [2.24, 2.45) is 0 Å². The molecule has 2 aromatic heterocycles. The molecule has 0 saturated carbocycles. The van der Waals surface area contributed by atoms with Crippen LogP contribution in [0.4, 0.5) is 5.82 Å². The van der Waals surface area contributed by atoms with Crippen LogP contribution in [0.1, 0.15) is 13.3 Å². The number of aryl methyl sites for hydroxylation is 1. The molecular weight excluding hydrogens is 256 g/mol. The zero-order chi connectivity index (χ0) is 13.9. The minimum absolute atomic E-state index is 0.282. The van der Waals surface area contributed by atoms with Gasteiger partial charge in [-0.3, -0.25) is 0 Å². The number of nitriles is 1. The second kappa shape index (κ2) is 5.43. The second-order valence-corrected chi connectivity index (χ2v) is 4.83. The normalized spacial score (nSPS) is 19.2. The number of rotatable bonds is 3. The molecule has 0 bridgehead atoms. The van der Waals surface area contributed by atoms with E-state index < -0.39 is 0 Å². The van der Waals surface area contributed by atoms with E-state index in [1.165, 1.54) is 0 Å². The van der Waals surface area contributed by atoms with Crippen LogP contribution in [0.3, 0.4) is 0 Å². The van der Waals surface area contributed by atoms with Crippen LogP contribution in [-0.4, -0.2) is 45.5 Å². The lowest BCUT2D eigenvalue weighted by molar-refractivity contribution is 0.0987. The molecule has 0 amide bonds. The van der Waals surface area contributed by atoms with Crippen LogP contribution in [0.2, 0.25) is 0 Å². The number of anilines is 1. The van der Waals surface area contributed by atoms with E-state index in [4.69, 9.17) is 10.00 Å². The van der Waals surface area contributed by atoms with Crippen LogP contribution in [0.15, 0.2) is 12.5 Å². The molecule has 0 unspecified atom stereocenters. The van der Waals surface area contributed by atoms with Crippen LogP contribution in [-0.2, 0) is 11.3 Å². The number of nitrogens with zero attached hydrogens (tertiary/aromatic N) is 6. The number of fused-ring (bicyclic) bond motifs is 1. The predicted octanol–water partition coefficient (Wildman–Crippen LogP) is 0.965. The number of hydrogen-bond donors (Lipinski definition) is 0. The van der Waals surface area contributed by atoms with Crippen LogP contribution in [0, 0.1) is 11.3 Å². The molecule has 7 heteroatoms. The number of morpholine rings is 1. The van der Waals surface area contributed by atoms with E-state index in [1.54, 1.807) is 17.2 Å². The van der Waals surface area contributed by atoms with Crippen molar-refractivity contribution in [1.29, 1.82) is 5.26 Å². The maximum absolute atomic E-state index is 8.68. The van der Waals surface area contributed by atoms with Crippen molar-refractivity contribution in [2.75, 3.05) is 24.7 Å². The number of ether oxygens (including phenoxy) is 1. The van der Waals surface area contributed by atoms with Gasteiger partial charge in [0.05, 0.1) is 49.9 Å². The third-order valence-corrected chi connectivity index (χ3v) is 3.49. The first-order valence-corrected chi connectivity index (χ1v) is 6.69. The summed E-state index contributed by atoms with van der Waals surface area (Å²) in [6.45, 7) is 4.89. The van der Waals surface area contributed by atoms with Gasteiger partial charge in [0.1, 0.15) is 12.1 Å². The van der Waals surface area contributed by atoms with Crippen molar-refractivity contribution < 1.29 is 4.74 Å². The summed E-state index contributed by atoms with van der Waals surface area (Å²) in [5, 5.41) is 13.9. The first-order chi connectivity index (χ1) is 9.81. The smallest absolute Gasteiger partial charge is 0.163 e. The molecule has 0 spiro atoms. The summed E-state index contributed by atoms with van der Waals surface area (Å²) in [7, 11) is 0. The van der Waals surface area contributed by atoms with Crippen molar-refractivity contribution in [3.63, 3.8) is 0 Å². The van der Waals surface area contributed by atoms with E-state index >= 15 is 0 Å². The standard InChI is InChI=1S/C13H16N6O/c1-10-8-20-6-5-18(10)12-11-7-17-19(4-2-3-14)13(11)16-9-15-12/h7,9-10H,2,4-6,8H2,1H3/t10-/m0/s1. The molecule has 104 valence electrons. The quantitative estimate of drug-likeness (QED) is 0.828. The third kappa shape index (κ3) is 2.18. The van der Waals surface area contributed by atoms with Crippen molar-refractivity contribution in [3.05, 3.63) is 12.5 Å². The maximum atomic E-state index is 8.68. The molecule has 0 aromatic carbocycles. The number of aromatic nitrogens is 4. The molecule has 2 aromatic rings. The Kier molecular flexibility index (Phi) is 3.48. The first kappa shape index (κ1) is 12.8. The van der Waals surface area contributed by atoms with Gasteiger partial charge in [0.15, 0.2) is 5.65 Å². The van der Waals surface area contributed by atoms with Crippen molar-refractivity contribution >= 4 is 16.9 Å². The molecule has 1 atom stereocenters. The highest BCUT2D eigenvalue weighted by Gasteiger charge is 2.23. The van der Waals surface area contributed by atoms with Gasteiger partial charge in [-0.1, -0.05) is 0 Å². The molecule has 3 rings (SSSR count). The van der Waals surface area contributed by atoms with Gasteiger partial charge in [0.25, 0.3) is 0 Å². The minimum atomic E-state index is 0.282. The molecule has 1 aliphatic rings. The average Bonchev–Trinajstić information content (AvgIpc) is 2.89. The summed E-state index contributed by atoms with van der Waals surface area (Å²) < 4.78 is 7.22. The molecule has 7 nitrogen and oxygen atoms in total. The van der Waals surface area contributed by atoms with Gasteiger partial charge in [-0.25, -0.2) is 14.6 Å². The van der Waals surface area contributed by atoms with E-state index in [2.05, 4.69) is 33.0 Å². The zero-order valence-electron chi connectivity index (χ0n) is 11.4. The van der Waals surface area contributed by atoms with Gasteiger partial charge in [-0.15, -0.1) is 0 Å². The van der Waals surface area contributed by atoms with Crippen LogP contribution in [0.5, 0.6) is 0 Å². The fourth-order valence-electron chi connectivity index (χ4n) is 2.47. The van der Waals surface area contributed by atoms with Gasteiger partial charge in [-0.2, -0.15) is 10.4 Å². The monoisotopic (exact) mass is 272 g/mol. The van der Waals surface area contributed by atoms with E-state index in [0.717, 1.165) is 23.4 Å². The molecule has 3 heterocycles. The van der Waals surface area contributed by atoms with Crippen molar-refractivity contribution in [3.8, 4) is 6.07 Å². The fourth-order valence-corrected chi connectivity index (χ4v) is 2.47. The molecule has 20 heavy (non-hydrogen) atoms. The summed E-state index contributed by atoms with van der Waals surface area (Å²) >= 11 is 0. The van der Waals surface area contributed by atoms with E-state index in [1.807, 2.05) is 0 Å². The summed E-state index contributed by atoms with van der Waals surface area (Å²) in [6, 6.07) is 2.41. The van der Waals surface area contributed by atoms with Gasteiger partial charge in [0, 0.05) is 6.54 Å². The molecule has 1 aliphatic heterocycles. The highest BCUT2D eigenvalue weighted by molar-refractivity contribution is 5.86. The highest BCUT2D eigenvalue weighted by atomic mass is 16.5. The highest BCUT2D eigenvalue weighted by Crippen LogP contribution is 2.25. The van der Waals surface area contributed by atoms with E-state index in [-0.39, 0.29) is 6.04 Å².